The highest BCUT2D eigenvalue weighted by Crippen LogP contribution is 2.41. The number of amides is 2. The summed E-state index contributed by atoms with van der Waals surface area (Å²) in [5.74, 6) is -0.341. The topological polar surface area (TPSA) is 75.7 Å². The van der Waals surface area contributed by atoms with Crippen molar-refractivity contribution in [3.63, 3.8) is 0 Å². The molecule has 2 unspecified atom stereocenters. The molecule has 0 bridgehead atoms. The van der Waals surface area contributed by atoms with Gasteiger partial charge in [-0.05, 0) is 17.0 Å². The van der Waals surface area contributed by atoms with Gasteiger partial charge in [0.15, 0.2) is 0 Å². The summed E-state index contributed by atoms with van der Waals surface area (Å²) in [5.41, 5.74) is 1.19. The maximum Gasteiger partial charge on any atom is 0.355 e. The maximum absolute atomic E-state index is 12.6. The molecule has 6 nitrogen and oxygen atoms in total. The molecule has 2 aliphatic rings. The van der Waals surface area contributed by atoms with Crippen molar-refractivity contribution in [2.45, 2.75) is 17.8 Å². The molecule has 138 valence electrons. The largest absolute Gasteiger partial charge is 0.457 e. The number of rotatable bonds is 7. The zero-order valence-corrected chi connectivity index (χ0v) is 17.6. The Morgan fingerprint density at radius 1 is 1.50 bits per heavy atom. The lowest BCUT2D eigenvalue weighted by molar-refractivity contribution is -0.152. The van der Waals surface area contributed by atoms with Crippen LogP contribution in [0.25, 0.3) is 0 Å². The number of β-lactam (4-membered cyclic amide) rings is 1. The fourth-order valence-electron chi connectivity index (χ4n) is 2.77. The van der Waals surface area contributed by atoms with Crippen molar-refractivity contribution in [1.29, 1.82) is 0 Å². The number of hydrogen-bond acceptors (Lipinski definition) is 6. The lowest BCUT2D eigenvalue weighted by Crippen LogP contribution is -2.70. The van der Waals surface area contributed by atoms with Crippen molar-refractivity contribution in [3.8, 4) is 0 Å². The first-order chi connectivity index (χ1) is 12.6. The normalized spacial score (nSPS) is 21.7. The average molecular weight is 504 g/mol. The Morgan fingerprint density at radius 3 is 2.96 bits per heavy atom. The van der Waals surface area contributed by atoms with Crippen molar-refractivity contribution < 1.29 is 19.1 Å². The molecule has 2 atom stereocenters. The zero-order valence-electron chi connectivity index (χ0n) is 13.8. The van der Waals surface area contributed by atoms with Gasteiger partial charge in [0, 0.05) is 15.1 Å². The van der Waals surface area contributed by atoms with Crippen molar-refractivity contribution in [2.24, 2.45) is 0 Å². The lowest BCUT2D eigenvalue weighted by atomic mass is 10.0. The Balaban J connectivity index is 1.69. The standard InChI is InChI=1S/C17H17IN2O4S2/c1-2-5-24-17(23)14-10(8-18)9-26-16-13(15(22)20(14)16)19-12(21)7-11-4-3-6-25-11/h2-4,6,13,16H,1,5,7-9H2,(H,19,21). The minimum absolute atomic E-state index is 0.0949. The number of thiophene rings is 1. The molecule has 3 heterocycles. The van der Waals surface area contributed by atoms with E-state index in [1.165, 1.54) is 22.3 Å². The number of fused-ring (bicyclic) bond motifs is 1. The van der Waals surface area contributed by atoms with Gasteiger partial charge in [-0.2, -0.15) is 0 Å². The molecule has 0 aromatic carbocycles. The molecule has 2 amide bonds. The molecule has 2 aliphatic heterocycles. The van der Waals surface area contributed by atoms with E-state index in [1.54, 1.807) is 11.8 Å². The maximum atomic E-state index is 12.6. The minimum atomic E-state index is -0.606. The molecule has 0 saturated carbocycles. The molecule has 0 radical (unpaired) electrons. The third kappa shape index (κ3) is 3.84. The molecular weight excluding hydrogens is 487 g/mol. The molecular formula is C17H17IN2O4S2. The number of thioether (sulfide) groups is 1. The van der Waals surface area contributed by atoms with Gasteiger partial charge in [-0.1, -0.05) is 41.3 Å². The minimum Gasteiger partial charge on any atom is -0.457 e. The van der Waals surface area contributed by atoms with Crippen molar-refractivity contribution in [3.05, 3.63) is 46.3 Å². The molecule has 1 N–H and O–H groups in total. The van der Waals surface area contributed by atoms with E-state index < -0.39 is 12.0 Å². The molecule has 1 aromatic rings. The first-order valence-electron chi connectivity index (χ1n) is 7.89. The quantitative estimate of drug-likeness (QED) is 0.203. The van der Waals surface area contributed by atoms with Crippen LogP contribution in [0, 0.1) is 0 Å². The summed E-state index contributed by atoms with van der Waals surface area (Å²) >= 11 is 5.23. The van der Waals surface area contributed by atoms with Crippen LogP contribution in [0.5, 0.6) is 0 Å². The number of carbonyl (C=O) groups excluding carboxylic acids is 3. The van der Waals surface area contributed by atoms with Crippen molar-refractivity contribution in [2.75, 3.05) is 16.8 Å². The summed E-state index contributed by atoms with van der Waals surface area (Å²) in [6.45, 7) is 3.62. The van der Waals surface area contributed by atoms with E-state index >= 15 is 0 Å². The third-order valence-corrected chi connectivity index (χ3v) is 7.10. The van der Waals surface area contributed by atoms with Crippen LogP contribution in [-0.2, 0) is 25.5 Å². The van der Waals surface area contributed by atoms with Gasteiger partial charge in [0.05, 0.1) is 6.42 Å². The fraction of sp³-hybridized carbons (Fsp3) is 0.353. The van der Waals surface area contributed by atoms with E-state index in [0.717, 1.165) is 10.5 Å². The number of ether oxygens (including phenoxy) is 1. The first kappa shape index (κ1) is 19.4. The Bertz CT molecular complexity index is 763. The van der Waals surface area contributed by atoms with Crippen LogP contribution in [0.2, 0.25) is 0 Å². The summed E-state index contributed by atoms with van der Waals surface area (Å²) in [4.78, 5) is 39.6. The predicted molar refractivity (Wildman–Crippen MR) is 110 cm³/mol. The molecule has 1 saturated heterocycles. The number of carbonyl (C=O) groups is 3. The number of nitrogens with zero attached hydrogens (tertiary/aromatic N) is 1. The second kappa shape index (κ2) is 8.57. The van der Waals surface area contributed by atoms with Gasteiger partial charge in [-0.3, -0.25) is 14.5 Å². The fourth-order valence-corrected chi connectivity index (χ4v) is 5.82. The van der Waals surface area contributed by atoms with E-state index in [1.807, 2.05) is 17.5 Å². The molecule has 0 spiro atoms. The second-order valence-electron chi connectivity index (χ2n) is 5.68. The van der Waals surface area contributed by atoms with Crippen molar-refractivity contribution >= 4 is 63.5 Å². The number of halogens is 1. The third-order valence-electron chi connectivity index (χ3n) is 3.97. The molecule has 3 rings (SSSR count). The van der Waals surface area contributed by atoms with E-state index in [9.17, 15) is 14.4 Å². The first-order valence-corrected chi connectivity index (χ1v) is 11.3. The molecule has 9 heteroatoms. The van der Waals surface area contributed by atoms with Gasteiger partial charge in [0.25, 0.3) is 5.91 Å². The highest BCUT2D eigenvalue weighted by Gasteiger charge is 2.54. The highest BCUT2D eigenvalue weighted by molar-refractivity contribution is 14.1. The molecule has 0 aliphatic carbocycles. The van der Waals surface area contributed by atoms with Crippen LogP contribution in [0.15, 0.2) is 41.4 Å². The number of nitrogens with one attached hydrogen (secondary N) is 1. The Hall–Kier alpha value is -1.33. The molecule has 1 aromatic heterocycles. The van der Waals surface area contributed by atoms with Gasteiger partial charge in [-0.15, -0.1) is 23.1 Å². The molecule has 26 heavy (non-hydrogen) atoms. The van der Waals surface area contributed by atoms with E-state index in [0.29, 0.717) is 15.9 Å². The Kier molecular flexibility index (Phi) is 6.41. The zero-order chi connectivity index (χ0) is 18.7. The van der Waals surface area contributed by atoms with Gasteiger partial charge in [0.1, 0.15) is 23.7 Å². The predicted octanol–water partition coefficient (Wildman–Crippen LogP) is 2.11. The Labute approximate surface area is 173 Å². The van der Waals surface area contributed by atoms with E-state index in [4.69, 9.17) is 4.74 Å². The van der Waals surface area contributed by atoms with Gasteiger partial charge in [0.2, 0.25) is 5.91 Å². The van der Waals surface area contributed by atoms with Gasteiger partial charge in [-0.25, -0.2) is 4.79 Å². The number of hydrogen-bond donors (Lipinski definition) is 1. The Morgan fingerprint density at radius 2 is 2.31 bits per heavy atom. The SMILES string of the molecule is C=CCOC(=O)C1=C(CI)CSC2C(NC(=O)Cc3cccs3)C(=O)N12. The van der Waals surface area contributed by atoms with Crippen LogP contribution in [0.1, 0.15) is 4.88 Å². The highest BCUT2D eigenvalue weighted by atomic mass is 127. The number of esters is 1. The van der Waals surface area contributed by atoms with Gasteiger partial charge < -0.3 is 10.1 Å². The van der Waals surface area contributed by atoms with Gasteiger partial charge >= 0.3 is 5.97 Å². The smallest absolute Gasteiger partial charge is 0.355 e. The van der Waals surface area contributed by atoms with Crippen LogP contribution in [0.3, 0.4) is 0 Å². The van der Waals surface area contributed by atoms with Crippen LogP contribution in [0.4, 0.5) is 0 Å². The lowest BCUT2D eigenvalue weighted by Gasteiger charge is -2.49. The van der Waals surface area contributed by atoms with Crippen LogP contribution >= 0.6 is 45.7 Å². The van der Waals surface area contributed by atoms with Crippen LogP contribution in [-0.4, -0.2) is 50.9 Å². The average Bonchev–Trinajstić information content (AvgIpc) is 3.15. The van der Waals surface area contributed by atoms with E-state index in [2.05, 4.69) is 34.5 Å². The summed E-state index contributed by atoms with van der Waals surface area (Å²) in [7, 11) is 0. The summed E-state index contributed by atoms with van der Waals surface area (Å²) in [6.07, 6.45) is 1.74. The van der Waals surface area contributed by atoms with E-state index in [-0.39, 0.29) is 30.2 Å². The second-order valence-corrected chi connectivity index (χ2v) is 8.58. The van der Waals surface area contributed by atoms with Crippen molar-refractivity contribution in [1.82, 2.24) is 10.2 Å². The summed E-state index contributed by atoms with van der Waals surface area (Å²) in [6, 6.07) is 3.17. The summed E-state index contributed by atoms with van der Waals surface area (Å²) < 4.78 is 5.78. The van der Waals surface area contributed by atoms with Crippen LogP contribution < -0.4 is 5.32 Å². The monoisotopic (exact) mass is 504 g/mol. The molecule has 1 fully saturated rings. The number of alkyl halides is 1. The summed E-state index contributed by atoms with van der Waals surface area (Å²) in [5, 5.41) is 4.44.